The lowest BCUT2D eigenvalue weighted by molar-refractivity contribution is -0.131. The largest absolute Gasteiger partial charge is 0.347 e. The predicted octanol–water partition coefficient (Wildman–Crippen LogP) is 4.05. The van der Waals surface area contributed by atoms with Gasteiger partial charge in [0.25, 0.3) is 0 Å². The Morgan fingerprint density at radius 2 is 1.73 bits per heavy atom. The number of likely N-dealkylation sites (tertiary alicyclic amines) is 1. The third kappa shape index (κ3) is 4.33. The average Bonchev–Trinajstić information content (AvgIpc) is 3.19. The average molecular weight is 441 g/mol. The van der Waals surface area contributed by atoms with E-state index in [9.17, 15) is 9.59 Å². The highest BCUT2D eigenvalue weighted by Crippen LogP contribution is 2.24. The van der Waals surface area contributed by atoms with Gasteiger partial charge in [-0.25, -0.2) is 14.5 Å². The lowest BCUT2D eigenvalue weighted by atomic mass is 9.92. The molecular formula is C27H28N4O2. The Labute approximate surface area is 192 Å². The van der Waals surface area contributed by atoms with Gasteiger partial charge in [-0.3, -0.25) is 4.79 Å². The second-order valence-corrected chi connectivity index (χ2v) is 8.91. The highest BCUT2D eigenvalue weighted by atomic mass is 16.2. The van der Waals surface area contributed by atoms with E-state index >= 15 is 0 Å². The van der Waals surface area contributed by atoms with Crippen molar-refractivity contribution in [2.24, 2.45) is 5.92 Å². The number of rotatable bonds is 5. The number of aromatic amines is 1. The van der Waals surface area contributed by atoms with Crippen LogP contribution in [-0.4, -0.2) is 38.7 Å². The summed E-state index contributed by atoms with van der Waals surface area (Å²) >= 11 is 0. The summed E-state index contributed by atoms with van der Waals surface area (Å²) in [6, 6.07) is 22.2. The summed E-state index contributed by atoms with van der Waals surface area (Å²) in [5.74, 6) is 1.33. The Morgan fingerprint density at radius 3 is 2.55 bits per heavy atom. The van der Waals surface area contributed by atoms with E-state index < -0.39 is 0 Å². The highest BCUT2D eigenvalue weighted by Gasteiger charge is 2.25. The smallest absolute Gasteiger partial charge is 0.342 e. The number of nitrogens with one attached hydrogen (secondary N) is 1. The molecule has 0 aliphatic carbocycles. The van der Waals surface area contributed by atoms with Gasteiger partial charge in [0.15, 0.2) is 0 Å². The summed E-state index contributed by atoms with van der Waals surface area (Å²) in [4.78, 5) is 27.4. The number of amides is 1. The lowest BCUT2D eigenvalue weighted by Crippen LogP contribution is -2.40. The number of benzene rings is 3. The van der Waals surface area contributed by atoms with Crippen molar-refractivity contribution in [1.82, 2.24) is 19.7 Å². The monoisotopic (exact) mass is 440 g/mol. The van der Waals surface area contributed by atoms with Gasteiger partial charge in [0.2, 0.25) is 5.91 Å². The number of aromatic nitrogens is 3. The number of para-hydroxylation sites is 1. The number of fused-ring (bicyclic) bond motifs is 1. The van der Waals surface area contributed by atoms with Gasteiger partial charge in [-0.1, -0.05) is 60.7 Å². The molecule has 0 bridgehead atoms. The molecule has 2 heterocycles. The van der Waals surface area contributed by atoms with Crippen LogP contribution in [0.5, 0.6) is 0 Å². The van der Waals surface area contributed by atoms with Gasteiger partial charge < -0.3 is 4.90 Å². The molecule has 5 rings (SSSR count). The molecule has 0 radical (unpaired) electrons. The minimum absolute atomic E-state index is 0.182. The van der Waals surface area contributed by atoms with E-state index in [0.717, 1.165) is 60.4 Å². The number of hydrogen-bond donors (Lipinski definition) is 1. The molecule has 6 heteroatoms. The van der Waals surface area contributed by atoms with Crippen LogP contribution in [0.2, 0.25) is 0 Å². The topological polar surface area (TPSA) is 71.0 Å². The number of hydrogen-bond acceptors (Lipinski definition) is 3. The van der Waals surface area contributed by atoms with Crippen LogP contribution in [0.25, 0.3) is 16.5 Å². The Kier molecular flexibility index (Phi) is 5.82. The molecule has 4 aromatic rings. The highest BCUT2D eigenvalue weighted by molar-refractivity contribution is 5.90. The Bertz CT molecular complexity index is 1340. The molecule has 1 aliphatic rings. The lowest BCUT2D eigenvalue weighted by Gasteiger charge is -2.32. The molecule has 3 aromatic carbocycles. The fourth-order valence-electron chi connectivity index (χ4n) is 4.90. The quantitative estimate of drug-likeness (QED) is 0.509. The van der Waals surface area contributed by atoms with Gasteiger partial charge in [-0.15, -0.1) is 0 Å². The summed E-state index contributed by atoms with van der Waals surface area (Å²) in [5.41, 5.74) is 2.78. The standard InChI is InChI=1S/C27H28N4O2/c1-19-7-2-5-12-24(19)31-25(28-29-27(31)33)17-20-13-15-30(16-14-20)26(32)18-22-10-6-9-21-8-3-4-11-23(21)22/h2-12,20H,13-18H2,1H3,(H,29,33). The van der Waals surface area contributed by atoms with Crippen LogP contribution in [0.3, 0.4) is 0 Å². The minimum Gasteiger partial charge on any atom is -0.342 e. The maximum Gasteiger partial charge on any atom is 0.347 e. The molecule has 1 fully saturated rings. The molecule has 33 heavy (non-hydrogen) atoms. The van der Waals surface area contributed by atoms with Crippen LogP contribution < -0.4 is 5.69 Å². The van der Waals surface area contributed by atoms with E-state index in [-0.39, 0.29) is 11.6 Å². The predicted molar refractivity (Wildman–Crippen MR) is 130 cm³/mol. The van der Waals surface area contributed by atoms with Crippen LogP contribution in [0.4, 0.5) is 0 Å². The summed E-state index contributed by atoms with van der Waals surface area (Å²) in [7, 11) is 0. The number of H-pyrrole nitrogens is 1. The molecule has 1 amide bonds. The second kappa shape index (κ2) is 9.06. The SMILES string of the molecule is Cc1ccccc1-n1c(CC2CCN(C(=O)Cc3cccc4ccccc34)CC2)n[nH]c1=O. The second-order valence-electron chi connectivity index (χ2n) is 8.91. The number of aryl methyl sites for hydroxylation is 1. The van der Waals surface area contributed by atoms with Crippen LogP contribution >= 0.6 is 0 Å². The first-order valence-electron chi connectivity index (χ1n) is 11.6. The third-order valence-electron chi connectivity index (χ3n) is 6.76. The third-order valence-corrected chi connectivity index (χ3v) is 6.76. The van der Waals surface area contributed by atoms with Crippen LogP contribution in [0.1, 0.15) is 29.8 Å². The molecule has 1 N–H and O–H groups in total. The fraction of sp³-hybridized carbons (Fsp3) is 0.296. The van der Waals surface area contributed by atoms with Gasteiger partial charge in [-0.2, -0.15) is 5.10 Å². The first-order valence-corrected chi connectivity index (χ1v) is 11.6. The van der Waals surface area contributed by atoms with Crippen LogP contribution in [0, 0.1) is 12.8 Å². The van der Waals surface area contributed by atoms with Crippen molar-refractivity contribution in [2.75, 3.05) is 13.1 Å². The van der Waals surface area contributed by atoms with Gasteiger partial charge in [-0.05, 0) is 53.6 Å². The number of carbonyl (C=O) groups is 1. The van der Waals surface area contributed by atoms with Gasteiger partial charge in [0.05, 0.1) is 12.1 Å². The van der Waals surface area contributed by atoms with E-state index in [0.29, 0.717) is 12.3 Å². The normalized spacial score (nSPS) is 14.6. The Morgan fingerprint density at radius 1 is 1.00 bits per heavy atom. The van der Waals surface area contributed by atoms with Crippen molar-refractivity contribution in [3.63, 3.8) is 0 Å². The molecule has 0 saturated carbocycles. The number of nitrogens with zero attached hydrogens (tertiary/aromatic N) is 3. The van der Waals surface area contributed by atoms with E-state index in [4.69, 9.17) is 0 Å². The maximum absolute atomic E-state index is 13.0. The van der Waals surface area contributed by atoms with Crippen LogP contribution in [0.15, 0.2) is 71.5 Å². The maximum atomic E-state index is 13.0. The number of carbonyl (C=O) groups excluding carboxylic acids is 1. The van der Waals surface area contributed by atoms with E-state index in [2.05, 4.69) is 34.5 Å². The molecular weight excluding hydrogens is 412 g/mol. The minimum atomic E-state index is -0.206. The van der Waals surface area contributed by atoms with Crippen LogP contribution in [-0.2, 0) is 17.6 Å². The van der Waals surface area contributed by atoms with Crippen molar-refractivity contribution >= 4 is 16.7 Å². The van der Waals surface area contributed by atoms with Crippen molar-refractivity contribution in [2.45, 2.75) is 32.6 Å². The zero-order valence-corrected chi connectivity index (χ0v) is 18.8. The van der Waals surface area contributed by atoms with Crippen molar-refractivity contribution in [3.8, 4) is 5.69 Å². The van der Waals surface area contributed by atoms with Crippen molar-refractivity contribution in [1.29, 1.82) is 0 Å². The summed E-state index contributed by atoms with van der Waals surface area (Å²) in [6.07, 6.45) is 2.98. The molecule has 0 atom stereocenters. The molecule has 1 saturated heterocycles. The summed E-state index contributed by atoms with van der Waals surface area (Å²) < 4.78 is 1.69. The van der Waals surface area contributed by atoms with E-state index in [1.165, 1.54) is 5.39 Å². The molecule has 0 unspecified atom stereocenters. The van der Waals surface area contributed by atoms with Gasteiger partial charge in [0, 0.05) is 19.5 Å². The fourth-order valence-corrected chi connectivity index (χ4v) is 4.90. The molecule has 6 nitrogen and oxygen atoms in total. The van der Waals surface area contributed by atoms with Crippen molar-refractivity contribution in [3.05, 3.63) is 94.2 Å². The first-order chi connectivity index (χ1) is 16.1. The molecule has 0 spiro atoms. The zero-order valence-electron chi connectivity index (χ0n) is 18.8. The van der Waals surface area contributed by atoms with E-state index in [1.807, 2.05) is 54.3 Å². The Balaban J connectivity index is 1.24. The molecule has 168 valence electrons. The summed E-state index contributed by atoms with van der Waals surface area (Å²) in [5, 5.41) is 9.24. The summed E-state index contributed by atoms with van der Waals surface area (Å²) in [6.45, 7) is 3.49. The Hall–Kier alpha value is -3.67. The molecule has 1 aromatic heterocycles. The molecule has 1 aliphatic heterocycles. The number of piperidine rings is 1. The zero-order chi connectivity index (χ0) is 22.8. The first kappa shape index (κ1) is 21.2. The van der Waals surface area contributed by atoms with Gasteiger partial charge >= 0.3 is 5.69 Å². The van der Waals surface area contributed by atoms with Gasteiger partial charge in [0.1, 0.15) is 5.82 Å². The van der Waals surface area contributed by atoms with Crippen molar-refractivity contribution < 1.29 is 4.79 Å². The van der Waals surface area contributed by atoms with E-state index in [1.54, 1.807) is 4.57 Å².